The van der Waals surface area contributed by atoms with Gasteiger partial charge in [0.15, 0.2) is 11.5 Å². The molecule has 1 amide bonds. The smallest absolute Gasteiger partial charge is 0.225 e. The molecule has 1 heterocycles. The second-order valence-electron chi connectivity index (χ2n) is 5.12. The average Bonchev–Trinajstić information content (AvgIpc) is 3.02. The molecule has 0 aliphatic rings. The van der Waals surface area contributed by atoms with Gasteiger partial charge in [-0.2, -0.15) is 0 Å². The molecule has 0 saturated heterocycles. The summed E-state index contributed by atoms with van der Waals surface area (Å²) in [4.78, 5) is 13.2. The minimum absolute atomic E-state index is 0.0202. The summed E-state index contributed by atoms with van der Waals surface area (Å²) in [5, 5.41) is 5.01. The zero-order valence-electron chi connectivity index (χ0n) is 13.8. The van der Waals surface area contributed by atoms with Crippen molar-refractivity contribution in [1.29, 1.82) is 0 Å². The van der Waals surface area contributed by atoms with Gasteiger partial charge in [-0.05, 0) is 49.9 Å². The molecule has 4 nitrogen and oxygen atoms in total. The van der Waals surface area contributed by atoms with Crippen molar-refractivity contribution in [2.24, 2.45) is 0 Å². The van der Waals surface area contributed by atoms with Gasteiger partial charge in [0, 0.05) is 4.88 Å². The van der Waals surface area contributed by atoms with Crippen molar-refractivity contribution in [1.82, 2.24) is 5.32 Å². The van der Waals surface area contributed by atoms with Crippen LogP contribution in [0.1, 0.15) is 37.3 Å². The molecule has 0 spiro atoms. The minimum Gasteiger partial charge on any atom is -0.490 e. The highest BCUT2D eigenvalue weighted by Crippen LogP contribution is 2.30. The number of carbonyl (C=O) groups is 1. The highest BCUT2D eigenvalue weighted by Gasteiger charge is 2.13. The summed E-state index contributed by atoms with van der Waals surface area (Å²) in [6.07, 6.45) is 0.414. The van der Waals surface area contributed by atoms with Crippen LogP contribution in [0.25, 0.3) is 0 Å². The van der Waals surface area contributed by atoms with Gasteiger partial charge >= 0.3 is 0 Å². The van der Waals surface area contributed by atoms with E-state index < -0.39 is 0 Å². The molecule has 5 heteroatoms. The molecule has 0 bridgehead atoms. The van der Waals surface area contributed by atoms with Crippen LogP contribution in [-0.4, -0.2) is 19.1 Å². The molecule has 2 rings (SSSR count). The van der Waals surface area contributed by atoms with Gasteiger partial charge in [-0.25, -0.2) is 0 Å². The Labute approximate surface area is 141 Å². The number of nitrogens with one attached hydrogen (secondary N) is 1. The molecule has 1 aromatic carbocycles. The maximum atomic E-state index is 12.1. The second-order valence-corrected chi connectivity index (χ2v) is 6.15. The lowest BCUT2D eigenvalue weighted by molar-refractivity contribution is -0.121. The van der Waals surface area contributed by atoms with Crippen LogP contribution >= 0.6 is 11.3 Å². The van der Waals surface area contributed by atoms with Crippen molar-refractivity contribution in [3.63, 3.8) is 0 Å². The number of carbonyl (C=O) groups excluding carboxylic acids is 1. The summed E-state index contributed by atoms with van der Waals surface area (Å²) >= 11 is 1.59. The van der Waals surface area contributed by atoms with Crippen LogP contribution in [0.15, 0.2) is 35.7 Å². The van der Waals surface area contributed by atoms with E-state index >= 15 is 0 Å². The van der Waals surface area contributed by atoms with E-state index in [2.05, 4.69) is 5.32 Å². The molecule has 1 atom stereocenters. The molecule has 1 N–H and O–H groups in total. The Morgan fingerprint density at radius 2 is 1.91 bits per heavy atom. The Kier molecular flexibility index (Phi) is 6.47. The zero-order chi connectivity index (χ0) is 16.7. The van der Waals surface area contributed by atoms with Crippen LogP contribution in [0.4, 0.5) is 0 Å². The molecular weight excluding hydrogens is 310 g/mol. The van der Waals surface area contributed by atoms with Crippen molar-refractivity contribution in [3.05, 3.63) is 46.2 Å². The fraction of sp³-hybridized carbons (Fsp3) is 0.389. The summed E-state index contributed by atoms with van der Waals surface area (Å²) in [5.41, 5.74) is 0.997. The van der Waals surface area contributed by atoms with Gasteiger partial charge < -0.3 is 14.8 Å². The number of ether oxygens (including phenoxy) is 2. The van der Waals surface area contributed by atoms with E-state index in [1.54, 1.807) is 11.3 Å². The number of benzene rings is 1. The fourth-order valence-corrected chi connectivity index (χ4v) is 2.99. The molecular formula is C18H23NO3S. The maximum absolute atomic E-state index is 12.1. The average molecular weight is 333 g/mol. The molecule has 23 heavy (non-hydrogen) atoms. The van der Waals surface area contributed by atoms with E-state index in [9.17, 15) is 4.79 Å². The van der Waals surface area contributed by atoms with Crippen molar-refractivity contribution in [2.75, 3.05) is 13.2 Å². The first-order valence-electron chi connectivity index (χ1n) is 7.85. The highest BCUT2D eigenvalue weighted by atomic mass is 32.1. The van der Waals surface area contributed by atoms with E-state index in [-0.39, 0.29) is 11.9 Å². The second kappa shape index (κ2) is 8.58. The third-order valence-electron chi connectivity index (χ3n) is 3.36. The van der Waals surface area contributed by atoms with Gasteiger partial charge in [0.25, 0.3) is 0 Å². The predicted molar refractivity (Wildman–Crippen MR) is 93.4 cm³/mol. The number of hydrogen-bond acceptors (Lipinski definition) is 4. The van der Waals surface area contributed by atoms with Crippen LogP contribution < -0.4 is 14.8 Å². The van der Waals surface area contributed by atoms with Crippen molar-refractivity contribution in [3.8, 4) is 11.5 Å². The molecule has 0 saturated carbocycles. The molecule has 2 aromatic rings. The monoisotopic (exact) mass is 333 g/mol. The van der Waals surface area contributed by atoms with Crippen LogP contribution in [0.5, 0.6) is 11.5 Å². The van der Waals surface area contributed by atoms with Gasteiger partial charge in [0.2, 0.25) is 5.91 Å². The van der Waals surface area contributed by atoms with Crippen LogP contribution in [-0.2, 0) is 11.2 Å². The third-order valence-corrected chi connectivity index (χ3v) is 4.24. The van der Waals surface area contributed by atoms with Gasteiger partial charge in [0.1, 0.15) is 0 Å². The Hall–Kier alpha value is -2.01. The number of thiophene rings is 1. The van der Waals surface area contributed by atoms with Gasteiger partial charge in [-0.15, -0.1) is 11.3 Å². The summed E-state index contributed by atoms with van der Waals surface area (Å²) in [5.74, 6) is 1.47. The summed E-state index contributed by atoms with van der Waals surface area (Å²) in [6.45, 7) is 7.01. The maximum Gasteiger partial charge on any atom is 0.225 e. The van der Waals surface area contributed by atoms with E-state index in [1.165, 1.54) is 0 Å². The van der Waals surface area contributed by atoms with Gasteiger partial charge in [-0.3, -0.25) is 4.79 Å². The van der Waals surface area contributed by atoms with E-state index in [4.69, 9.17) is 9.47 Å². The van der Waals surface area contributed by atoms with Crippen molar-refractivity contribution >= 4 is 17.2 Å². The minimum atomic E-state index is -0.0858. The SMILES string of the molecule is CCOc1ccc([C@@H](C)NC(=O)Cc2cccs2)cc1OCC. The standard InChI is InChI=1S/C18H23NO3S/c1-4-21-16-9-8-14(11-17(16)22-5-2)13(3)19-18(20)12-15-7-6-10-23-15/h6-11,13H,4-5,12H2,1-3H3,(H,19,20)/t13-/m1/s1. The lowest BCUT2D eigenvalue weighted by Crippen LogP contribution is -2.27. The first-order valence-corrected chi connectivity index (χ1v) is 8.73. The lowest BCUT2D eigenvalue weighted by Gasteiger charge is -2.17. The van der Waals surface area contributed by atoms with Crippen molar-refractivity contribution < 1.29 is 14.3 Å². The van der Waals surface area contributed by atoms with Gasteiger partial charge in [-0.1, -0.05) is 12.1 Å². The third kappa shape index (κ3) is 4.99. The van der Waals surface area contributed by atoms with Crippen LogP contribution in [0.2, 0.25) is 0 Å². The van der Waals surface area contributed by atoms with E-state index in [0.29, 0.717) is 25.4 Å². The van der Waals surface area contributed by atoms with Crippen molar-refractivity contribution in [2.45, 2.75) is 33.2 Å². The lowest BCUT2D eigenvalue weighted by atomic mass is 10.1. The largest absolute Gasteiger partial charge is 0.490 e. The topological polar surface area (TPSA) is 47.6 Å². The first kappa shape index (κ1) is 17.3. The fourth-order valence-electron chi connectivity index (χ4n) is 2.28. The molecule has 0 radical (unpaired) electrons. The van der Waals surface area contributed by atoms with Gasteiger partial charge in [0.05, 0.1) is 25.7 Å². The quantitative estimate of drug-likeness (QED) is 0.795. The van der Waals surface area contributed by atoms with E-state index in [1.807, 2.05) is 56.5 Å². The first-order chi connectivity index (χ1) is 11.1. The summed E-state index contributed by atoms with van der Waals surface area (Å²) in [6, 6.07) is 9.63. The molecule has 0 aliphatic heterocycles. The predicted octanol–water partition coefficient (Wildman–Crippen LogP) is 3.97. The zero-order valence-corrected chi connectivity index (χ0v) is 14.6. The number of rotatable bonds is 8. The Bertz CT molecular complexity index is 625. The molecule has 1 aromatic heterocycles. The summed E-state index contributed by atoms with van der Waals surface area (Å²) in [7, 11) is 0. The Morgan fingerprint density at radius 1 is 1.17 bits per heavy atom. The summed E-state index contributed by atoms with van der Waals surface area (Å²) < 4.78 is 11.2. The highest BCUT2D eigenvalue weighted by molar-refractivity contribution is 7.10. The Morgan fingerprint density at radius 3 is 2.57 bits per heavy atom. The number of hydrogen-bond donors (Lipinski definition) is 1. The normalized spacial score (nSPS) is 11.8. The Balaban J connectivity index is 2.04. The molecule has 124 valence electrons. The van der Waals surface area contributed by atoms with Crippen LogP contribution in [0, 0.1) is 0 Å². The van der Waals surface area contributed by atoms with Crippen LogP contribution in [0.3, 0.4) is 0 Å². The molecule has 0 unspecified atom stereocenters. The molecule has 0 aliphatic carbocycles. The molecule has 0 fully saturated rings. The van der Waals surface area contributed by atoms with E-state index in [0.717, 1.165) is 16.2 Å². The number of amides is 1.